The van der Waals surface area contributed by atoms with Crippen LogP contribution < -0.4 is 10.9 Å². The molecule has 4 N–H and O–H groups in total. The third-order valence-electron chi connectivity index (χ3n) is 0.998. The van der Waals surface area contributed by atoms with Gasteiger partial charge in [0.1, 0.15) is 5.82 Å². The molecule has 1 heterocycles. The van der Waals surface area contributed by atoms with E-state index in [4.69, 9.17) is 10.9 Å². The smallest absolute Gasteiger partial charge is 0.273 e. The van der Waals surface area contributed by atoms with Crippen molar-refractivity contribution in [3.63, 3.8) is 0 Å². The van der Waals surface area contributed by atoms with Crippen molar-refractivity contribution >= 4 is 16.0 Å². The van der Waals surface area contributed by atoms with Gasteiger partial charge in [-0.1, -0.05) is 0 Å². The summed E-state index contributed by atoms with van der Waals surface area (Å²) >= 11 is 0. The Morgan fingerprint density at radius 3 is 2.25 bits per heavy atom. The molecule has 0 unspecified atom stereocenters. The maximum atomic E-state index is 10.7. The lowest BCUT2D eigenvalue weighted by molar-refractivity contribution is 0.587. The highest BCUT2D eigenvalue weighted by Crippen LogP contribution is 2.00. The van der Waals surface area contributed by atoms with E-state index >= 15 is 0 Å². The Hall–Kier alpha value is -1.28. The van der Waals surface area contributed by atoms with Crippen LogP contribution in [0.4, 0.5) is 5.95 Å². The second kappa shape index (κ2) is 2.64. The van der Waals surface area contributed by atoms with Gasteiger partial charge in [0.2, 0.25) is 5.95 Å². The van der Waals surface area contributed by atoms with E-state index in [1.807, 2.05) is 0 Å². The summed E-state index contributed by atoms with van der Waals surface area (Å²) in [5.74, 6) is 0.0538. The van der Waals surface area contributed by atoms with Crippen molar-refractivity contribution in [2.24, 2.45) is 5.14 Å². The van der Waals surface area contributed by atoms with Crippen molar-refractivity contribution in [3.8, 4) is 0 Å². The number of nitrogen functional groups attached to an aromatic ring is 1. The average Bonchev–Trinajstić information content (AvgIpc) is 1.82. The van der Waals surface area contributed by atoms with Crippen molar-refractivity contribution < 1.29 is 8.42 Å². The van der Waals surface area contributed by atoms with Gasteiger partial charge in [0.05, 0.1) is 0 Å². The SMILES string of the molecule is Cc1nc(N)nc(S(N)(=O)=O)n1. The molecule has 0 radical (unpaired) electrons. The van der Waals surface area contributed by atoms with Crippen molar-refractivity contribution in [2.45, 2.75) is 12.1 Å². The fraction of sp³-hybridized carbons (Fsp3) is 0.250. The van der Waals surface area contributed by atoms with Gasteiger partial charge in [-0.15, -0.1) is 0 Å². The summed E-state index contributed by atoms with van der Waals surface area (Å²) < 4.78 is 21.4. The zero-order valence-corrected chi connectivity index (χ0v) is 7.04. The first-order chi connectivity index (χ1) is 5.39. The van der Waals surface area contributed by atoms with Gasteiger partial charge < -0.3 is 5.73 Å². The lowest BCUT2D eigenvalue weighted by atomic mass is 10.7. The number of aryl methyl sites for hydroxylation is 1. The third-order valence-corrected chi connectivity index (χ3v) is 1.69. The van der Waals surface area contributed by atoms with Crippen molar-refractivity contribution in [1.29, 1.82) is 0 Å². The van der Waals surface area contributed by atoms with Crippen molar-refractivity contribution in [3.05, 3.63) is 5.82 Å². The molecule has 0 atom stereocenters. The molecule has 0 aliphatic carbocycles. The largest absolute Gasteiger partial charge is 0.368 e. The van der Waals surface area contributed by atoms with Crippen LogP contribution in [0.3, 0.4) is 0 Å². The molecule has 0 fully saturated rings. The van der Waals surface area contributed by atoms with Crippen LogP contribution in [0.2, 0.25) is 0 Å². The zero-order chi connectivity index (χ0) is 9.35. The van der Waals surface area contributed by atoms with Gasteiger partial charge in [0, 0.05) is 0 Å². The number of hydrogen-bond acceptors (Lipinski definition) is 6. The summed E-state index contributed by atoms with van der Waals surface area (Å²) in [6, 6.07) is 0. The minimum Gasteiger partial charge on any atom is -0.368 e. The zero-order valence-electron chi connectivity index (χ0n) is 6.22. The molecule has 8 heteroatoms. The Kier molecular flexibility index (Phi) is 1.94. The molecule has 66 valence electrons. The Labute approximate surface area is 68.9 Å². The van der Waals surface area contributed by atoms with Crippen molar-refractivity contribution in [2.75, 3.05) is 5.73 Å². The maximum Gasteiger partial charge on any atom is 0.273 e. The lowest BCUT2D eigenvalue weighted by Crippen LogP contribution is -2.18. The van der Waals surface area contributed by atoms with Gasteiger partial charge in [-0.05, 0) is 6.92 Å². The third kappa shape index (κ3) is 1.86. The molecule has 7 nitrogen and oxygen atoms in total. The quantitative estimate of drug-likeness (QED) is 0.548. The van der Waals surface area contributed by atoms with E-state index < -0.39 is 15.2 Å². The molecule has 1 aromatic rings. The number of aromatic nitrogens is 3. The predicted molar refractivity (Wildman–Crippen MR) is 40.3 cm³/mol. The van der Waals surface area contributed by atoms with E-state index in [9.17, 15) is 8.42 Å². The van der Waals surface area contributed by atoms with Gasteiger partial charge in [-0.3, -0.25) is 0 Å². The highest BCUT2D eigenvalue weighted by molar-refractivity contribution is 7.89. The summed E-state index contributed by atoms with van der Waals surface area (Å²) in [6.07, 6.45) is 0. The minimum atomic E-state index is -3.89. The molecule has 0 bridgehead atoms. The maximum absolute atomic E-state index is 10.7. The number of hydrogen-bond donors (Lipinski definition) is 2. The summed E-state index contributed by atoms with van der Waals surface area (Å²) in [5.41, 5.74) is 5.17. The van der Waals surface area contributed by atoms with Gasteiger partial charge >= 0.3 is 0 Å². The van der Waals surface area contributed by atoms with E-state index in [2.05, 4.69) is 15.0 Å². The number of anilines is 1. The van der Waals surface area contributed by atoms with Crippen LogP contribution in [0.15, 0.2) is 5.16 Å². The Bertz CT molecular complexity index is 380. The summed E-state index contributed by atoms with van der Waals surface area (Å²) in [7, 11) is -3.89. The predicted octanol–water partition coefficient (Wildman–Crippen LogP) is -1.59. The van der Waals surface area contributed by atoms with Crippen LogP contribution in [0.25, 0.3) is 0 Å². The summed E-state index contributed by atoms with van der Waals surface area (Å²) in [4.78, 5) is 10.4. The molecule has 0 aromatic carbocycles. The van der Waals surface area contributed by atoms with Gasteiger partial charge in [-0.25, -0.2) is 18.5 Å². The molecule has 0 saturated carbocycles. The van der Waals surface area contributed by atoms with E-state index in [1.54, 1.807) is 0 Å². The molecule has 12 heavy (non-hydrogen) atoms. The number of nitrogens with two attached hydrogens (primary N) is 2. The first-order valence-corrected chi connectivity index (χ1v) is 4.45. The van der Waals surface area contributed by atoms with Crippen LogP contribution in [0, 0.1) is 6.92 Å². The highest BCUT2D eigenvalue weighted by atomic mass is 32.2. The molecular weight excluding hydrogens is 182 g/mol. The molecule has 0 aliphatic rings. The topological polar surface area (TPSA) is 125 Å². The van der Waals surface area contributed by atoms with E-state index in [1.165, 1.54) is 6.92 Å². The van der Waals surface area contributed by atoms with E-state index in [0.29, 0.717) is 0 Å². The van der Waals surface area contributed by atoms with Gasteiger partial charge in [0.25, 0.3) is 15.2 Å². The lowest BCUT2D eigenvalue weighted by Gasteiger charge is -1.97. The molecule has 1 aromatic heterocycles. The normalized spacial score (nSPS) is 11.5. The molecule has 1 rings (SSSR count). The van der Waals surface area contributed by atoms with E-state index in [0.717, 1.165) is 0 Å². The molecule has 0 amide bonds. The van der Waals surface area contributed by atoms with Crippen LogP contribution >= 0.6 is 0 Å². The van der Waals surface area contributed by atoms with E-state index in [-0.39, 0.29) is 11.8 Å². The fourth-order valence-electron chi connectivity index (χ4n) is 0.604. The first-order valence-electron chi connectivity index (χ1n) is 2.90. The monoisotopic (exact) mass is 189 g/mol. The van der Waals surface area contributed by atoms with Crippen molar-refractivity contribution in [1.82, 2.24) is 15.0 Å². The number of primary sulfonamides is 1. The Morgan fingerprint density at radius 1 is 1.25 bits per heavy atom. The average molecular weight is 189 g/mol. The second-order valence-corrected chi connectivity index (χ2v) is 3.52. The first kappa shape index (κ1) is 8.81. The summed E-state index contributed by atoms with van der Waals surface area (Å²) in [6.45, 7) is 1.49. The molecule has 0 spiro atoms. The van der Waals surface area contributed by atoms with Crippen LogP contribution in [-0.4, -0.2) is 23.4 Å². The highest BCUT2D eigenvalue weighted by Gasteiger charge is 2.12. The number of sulfonamides is 1. The van der Waals surface area contributed by atoms with Gasteiger partial charge in [0.15, 0.2) is 0 Å². The fourth-order valence-corrected chi connectivity index (χ4v) is 1.08. The standard InChI is InChI=1S/C4H7N5O2S/c1-2-7-3(5)9-4(8-2)12(6,10)11/h1H3,(H2,6,10,11)(H2,5,7,8,9). The minimum absolute atomic E-state index is 0.161. The number of nitrogens with zero attached hydrogens (tertiary/aromatic N) is 3. The molecular formula is C4H7N5O2S. The molecule has 0 saturated heterocycles. The summed E-state index contributed by atoms with van der Waals surface area (Å²) in [5, 5.41) is 4.25. The van der Waals surface area contributed by atoms with Crippen LogP contribution in [0.5, 0.6) is 0 Å². The van der Waals surface area contributed by atoms with Crippen LogP contribution in [-0.2, 0) is 10.0 Å². The van der Waals surface area contributed by atoms with Crippen LogP contribution in [0.1, 0.15) is 5.82 Å². The molecule has 0 aliphatic heterocycles. The number of rotatable bonds is 1. The second-order valence-electron chi connectivity index (χ2n) is 2.07. The van der Waals surface area contributed by atoms with Gasteiger partial charge in [-0.2, -0.15) is 9.97 Å². The Morgan fingerprint density at radius 2 is 1.83 bits per heavy atom. The Balaban J connectivity index is 3.37.